The fraction of sp³-hybridized carbons (Fsp3) is 1.00. The summed E-state index contributed by atoms with van der Waals surface area (Å²) >= 11 is 0. The van der Waals surface area contributed by atoms with Crippen LogP contribution in [0.3, 0.4) is 0 Å². The molecule has 1 unspecified atom stereocenters. The van der Waals surface area contributed by atoms with E-state index in [1.54, 1.807) is 7.11 Å². The monoisotopic (exact) mass is 261 g/mol. The number of aliphatic hydroxyl groups is 1. The lowest BCUT2D eigenvalue weighted by molar-refractivity contribution is -0.107. The minimum atomic E-state index is -0.591. The number of nitrogens with two attached hydrogens (primary N) is 1. The zero-order valence-electron chi connectivity index (χ0n) is 11.4. The van der Waals surface area contributed by atoms with Crippen LogP contribution in [0.4, 0.5) is 0 Å². The van der Waals surface area contributed by atoms with E-state index < -0.39 is 6.10 Å². The molecule has 0 spiro atoms. The van der Waals surface area contributed by atoms with Gasteiger partial charge >= 0.3 is 0 Å². The van der Waals surface area contributed by atoms with E-state index in [2.05, 4.69) is 0 Å². The van der Waals surface area contributed by atoms with Crippen molar-refractivity contribution in [1.29, 1.82) is 0 Å². The van der Waals surface area contributed by atoms with Crippen LogP contribution in [0.25, 0.3) is 0 Å². The molecular weight excluding hydrogens is 234 g/mol. The van der Waals surface area contributed by atoms with Gasteiger partial charge in [-0.15, -0.1) is 0 Å². The van der Waals surface area contributed by atoms with Gasteiger partial charge in [-0.05, 0) is 12.8 Å². The van der Waals surface area contributed by atoms with Crippen LogP contribution in [0, 0.1) is 0 Å². The molecule has 5 nitrogen and oxygen atoms in total. The lowest BCUT2D eigenvalue weighted by Gasteiger charge is -2.36. The molecule has 1 rings (SSSR count). The van der Waals surface area contributed by atoms with E-state index >= 15 is 0 Å². The zero-order valence-corrected chi connectivity index (χ0v) is 11.4. The maximum atomic E-state index is 9.76. The first-order valence-corrected chi connectivity index (χ1v) is 6.81. The molecule has 0 amide bonds. The molecule has 3 N–H and O–H groups in total. The van der Waals surface area contributed by atoms with Crippen LogP contribution in [0.15, 0.2) is 0 Å². The standard InChI is InChI=1S/C13H27NO4/c1-16-7-8-17-9-12(15)10-18-13(11-14)5-3-2-4-6-13/h12,15H,2-11,14H2,1H3. The highest BCUT2D eigenvalue weighted by Gasteiger charge is 2.32. The van der Waals surface area contributed by atoms with Crippen LogP contribution < -0.4 is 5.73 Å². The fourth-order valence-electron chi connectivity index (χ4n) is 2.29. The molecule has 1 aliphatic carbocycles. The molecule has 0 aromatic carbocycles. The van der Waals surface area contributed by atoms with Crippen molar-refractivity contribution in [3.05, 3.63) is 0 Å². The molecule has 108 valence electrons. The van der Waals surface area contributed by atoms with E-state index in [4.69, 9.17) is 19.9 Å². The molecule has 18 heavy (non-hydrogen) atoms. The Morgan fingerprint density at radius 3 is 2.50 bits per heavy atom. The summed E-state index contributed by atoms with van der Waals surface area (Å²) < 4.78 is 16.0. The van der Waals surface area contributed by atoms with Gasteiger partial charge in [-0.2, -0.15) is 0 Å². The Morgan fingerprint density at radius 1 is 1.17 bits per heavy atom. The first kappa shape index (κ1) is 15.9. The second-order valence-electron chi connectivity index (χ2n) is 4.98. The van der Waals surface area contributed by atoms with Gasteiger partial charge in [0.15, 0.2) is 0 Å². The highest BCUT2D eigenvalue weighted by atomic mass is 16.5. The van der Waals surface area contributed by atoms with Gasteiger partial charge in [0.05, 0.1) is 32.0 Å². The van der Waals surface area contributed by atoms with Gasteiger partial charge in [0.1, 0.15) is 6.10 Å². The maximum absolute atomic E-state index is 9.76. The molecular formula is C13H27NO4. The van der Waals surface area contributed by atoms with E-state index in [1.807, 2.05) is 0 Å². The molecule has 0 saturated heterocycles. The van der Waals surface area contributed by atoms with E-state index in [0.717, 1.165) is 25.7 Å². The third-order valence-electron chi connectivity index (χ3n) is 3.46. The number of methoxy groups -OCH3 is 1. The summed E-state index contributed by atoms with van der Waals surface area (Å²) in [6, 6.07) is 0. The van der Waals surface area contributed by atoms with Crippen LogP contribution in [0.1, 0.15) is 32.1 Å². The Kier molecular flexibility index (Phi) is 7.77. The number of hydrogen-bond acceptors (Lipinski definition) is 5. The first-order valence-electron chi connectivity index (χ1n) is 6.81. The summed E-state index contributed by atoms with van der Waals surface area (Å²) in [5, 5.41) is 9.76. The smallest absolute Gasteiger partial charge is 0.101 e. The van der Waals surface area contributed by atoms with Crippen molar-refractivity contribution in [2.45, 2.75) is 43.8 Å². The van der Waals surface area contributed by atoms with Crippen LogP contribution >= 0.6 is 0 Å². The van der Waals surface area contributed by atoms with Gasteiger partial charge < -0.3 is 25.1 Å². The highest BCUT2D eigenvalue weighted by molar-refractivity contribution is 4.85. The third-order valence-corrected chi connectivity index (χ3v) is 3.46. The van der Waals surface area contributed by atoms with Crippen molar-refractivity contribution in [1.82, 2.24) is 0 Å². The van der Waals surface area contributed by atoms with Crippen LogP contribution in [0.5, 0.6) is 0 Å². The quantitative estimate of drug-likeness (QED) is 0.597. The summed E-state index contributed by atoms with van der Waals surface area (Å²) in [5.74, 6) is 0. The topological polar surface area (TPSA) is 73.9 Å². The number of hydrogen-bond donors (Lipinski definition) is 2. The minimum Gasteiger partial charge on any atom is -0.388 e. The van der Waals surface area contributed by atoms with Gasteiger partial charge in [-0.1, -0.05) is 19.3 Å². The summed E-state index contributed by atoms with van der Waals surface area (Å²) in [6.07, 6.45) is 5.00. The number of rotatable bonds is 9. The molecule has 1 atom stereocenters. The molecule has 1 saturated carbocycles. The summed E-state index contributed by atoms with van der Waals surface area (Å²) in [6.45, 7) is 2.15. The number of ether oxygens (including phenoxy) is 3. The zero-order chi connectivity index (χ0) is 13.3. The lowest BCUT2D eigenvalue weighted by Crippen LogP contribution is -2.44. The van der Waals surface area contributed by atoms with Crippen LogP contribution in [-0.4, -0.2) is 56.9 Å². The Labute approximate surface area is 110 Å². The Hall–Kier alpha value is -0.200. The van der Waals surface area contributed by atoms with E-state index in [1.165, 1.54) is 6.42 Å². The highest BCUT2D eigenvalue weighted by Crippen LogP contribution is 2.30. The third kappa shape index (κ3) is 5.63. The predicted molar refractivity (Wildman–Crippen MR) is 69.5 cm³/mol. The largest absolute Gasteiger partial charge is 0.388 e. The molecule has 0 heterocycles. The Morgan fingerprint density at radius 2 is 1.89 bits per heavy atom. The van der Waals surface area contributed by atoms with Crippen molar-refractivity contribution >= 4 is 0 Å². The second-order valence-corrected chi connectivity index (χ2v) is 4.98. The fourth-order valence-corrected chi connectivity index (χ4v) is 2.29. The van der Waals surface area contributed by atoms with Crippen molar-refractivity contribution in [2.24, 2.45) is 5.73 Å². The van der Waals surface area contributed by atoms with Crippen molar-refractivity contribution in [3.63, 3.8) is 0 Å². The SMILES string of the molecule is COCCOCC(O)COC1(CN)CCCCC1. The normalized spacial score (nSPS) is 20.8. The van der Waals surface area contributed by atoms with Crippen LogP contribution in [-0.2, 0) is 14.2 Å². The van der Waals surface area contributed by atoms with Gasteiger partial charge in [-0.3, -0.25) is 0 Å². The van der Waals surface area contributed by atoms with Crippen LogP contribution in [0.2, 0.25) is 0 Å². The predicted octanol–water partition coefficient (Wildman–Crippen LogP) is 0.689. The summed E-state index contributed by atoms with van der Waals surface area (Å²) in [5.41, 5.74) is 5.59. The molecule has 1 fully saturated rings. The molecule has 1 aliphatic rings. The number of aliphatic hydroxyl groups excluding tert-OH is 1. The van der Waals surface area contributed by atoms with Gasteiger partial charge in [0.2, 0.25) is 0 Å². The van der Waals surface area contributed by atoms with E-state index in [0.29, 0.717) is 26.4 Å². The average Bonchev–Trinajstić information content (AvgIpc) is 2.42. The van der Waals surface area contributed by atoms with Crippen molar-refractivity contribution in [2.75, 3.05) is 40.1 Å². The average molecular weight is 261 g/mol. The Bertz CT molecular complexity index is 207. The molecule has 0 aliphatic heterocycles. The Balaban J connectivity index is 2.16. The van der Waals surface area contributed by atoms with Gasteiger partial charge in [0, 0.05) is 13.7 Å². The van der Waals surface area contributed by atoms with Gasteiger partial charge in [-0.25, -0.2) is 0 Å². The molecule has 0 aromatic rings. The van der Waals surface area contributed by atoms with Crippen molar-refractivity contribution in [3.8, 4) is 0 Å². The maximum Gasteiger partial charge on any atom is 0.101 e. The molecule has 5 heteroatoms. The first-order chi connectivity index (χ1) is 8.72. The van der Waals surface area contributed by atoms with E-state index in [9.17, 15) is 5.11 Å². The summed E-state index contributed by atoms with van der Waals surface area (Å²) in [7, 11) is 1.62. The lowest BCUT2D eigenvalue weighted by atomic mass is 9.84. The second kappa shape index (κ2) is 8.82. The van der Waals surface area contributed by atoms with E-state index in [-0.39, 0.29) is 12.2 Å². The van der Waals surface area contributed by atoms with Crippen molar-refractivity contribution < 1.29 is 19.3 Å². The molecule has 0 aromatic heterocycles. The summed E-state index contributed by atoms with van der Waals surface area (Å²) in [4.78, 5) is 0. The van der Waals surface area contributed by atoms with Gasteiger partial charge in [0.25, 0.3) is 0 Å². The minimum absolute atomic E-state index is 0.217. The molecule has 0 bridgehead atoms. The molecule has 0 radical (unpaired) electrons.